The Kier molecular flexibility index (Phi) is 2.24. The molecule has 0 aromatic carbocycles. The van der Waals surface area contributed by atoms with Crippen LogP contribution in [-0.2, 0) is 4.79 Å². The standard InChI is InChI=1S/C5H5N3O5/c9-4(5(10)11)2-1-3(7-6-2)8(12)13/h1,4,9H,(H,6,7)(H,10,11). The van der Waals surface area contributed by atoms with Crippen molar-refractivity contribution in [3.05, 3.63) is 21.9 Å². The van der Waals surface area contributed by atoms with Crippen LogP contribution in [0.5, 0.6) is 0 Å². The molecular formula is C5H5N3O5. The number of nitrogens with one attached hydrogen (secondary N) is 1. The molecule has 13 heavy (non-hydrogen) atoms. The molecule has 0 fully saturated rings. The molecule has 1 aromatic heterocycles. The van der Waals surface area contributed by atoms with Crippen LogP contribution in [0.3, 0.4) is 0 Å². The number of aromatic amines is 1. The van der Waals surface area contributed by atoms with Crippen molar-refractivity contribution in [3.8, 4) is 0 Å². The first-order valence-corrected chi connectivity index (χ1v) is 3.13. The van der Waals surface area contributed by atoms with Gasteiger partial charge in [0.05, 0.1) is 6.07 Å². The highest BCUT2D eigenvalue weighted by molar-refractivity contribution is 5.73. The lowest BCUT2D eigenvalue weighted by Crippen LogP contribution is -2.10. The Morgan fingerprint density at radius 2 is 2.38 bits per heavy atom. The van der Waals surface area contributed by atoms with Crippen molar-refractivity contribution in [2.45, 2.75) is 6.10 Å². The number of hydrogen-bond acceptors (Lipinski definition) is 5. The van der Waals surface area contributed by atoms with Crippen molar-refractivity contribution in [1.29, 1.82) is 0 Å². The first-order valence-electron chi connectivity index (χ1n) is 3.13. The van der Waals surface area contributed by atoms with Crippen LogP contribution < -0.4 is 0 Å². The van der Waals surface area contributed by atoms with Crippen LogP contribution in [0.15, 0.2) is 6.07 Å². The third-order valence-corrected chi connectivity index (χ3v) is 1.29. The van der Waals surface area contributed by atoms with Crippen LogP contribution in [0.2, 0.25) is 0 Å². The smallest absolute Gasteiger partial charge is 0.342 e. The number of carboxylic acid groups (broad SMARTS) is 1. The van der Waals surface area contributed by atoms with Crippen molar-refractivity contribution >= 4 is 11.8 Å². The largest absolute Gasteiger partial charge is 0.479 e. The third-order valence-electron chi connectivity index (χ3n) is 1.29. The van der Waals surface area contributed by atoms with Crippen molar-refractivity contribution in [3.63, 3.8) is 0 Å². The number of aliphatic hydroxyl groups is 1. The Morgan fingerprint density at radius 1 is 1.77 bits per heavy atom. The highest BCUT2D eigenvalue weighted by Crippen LogP contribution is 2.15. The first kappa shape index (κ1) is 9.13. The molecular weight excluding hydrogens is 182 g/mol. The molecule has 0 saturated heterocycles. The van der Waals surface area contributed by atoms with Gasteiger partial charge in [0.1, 0.15) is 5.69 Å². The molecule has 1 aromatic rings. The van der Waals surface area contributed by atoms with Crippen LogP contribution in [0.4, 0.5) is 5.82 Å². The molecule has 0 aliphatic rings. The quantitative estimate of drug-likeness (QED) is 0.429. The molecule has 0 bridgehead atoms. The summed E-state index contributed by atoms with van der Waals surface area (Å²) in [5.41, 5.74) is -0.292. The Bertz CT molecular complexity index is 346. The topological polar surface area (TPSA) is 129 Å². The Morgan fingerprint density at radius 3 is 2.77 bits per heavy atom. The van der Waals surface area contributed by atoms with Gasteiger partial charge in [0.15, 0.2) is 6.10 Å². The summed E-state index contributed by atoms with van der Waals surface area (Å²) in [6, 6.07) is 0.860. The van der Waals surface area contributed by atoms with E-state index in [1.165, 1.54) is 0 Å². The lowest BCUT2D eigenvalue weighted by Gasteiger charge is -1.96. The van der Waals surface area contributed by atoms with Gasteiger partial charge in [0.25, 0.3) is 0 Å². The summed E-state index contributed by atoms with van der Waals surface area (Å²) in [4.78, 5) is 19.5. The predicted octanol–water partition coefficient (Wildman–Crippen LogP) is -0.564. The van der Waals surface area contributed by atoms with Gasteiger partial charge in [0, 0.05) is 0 Å². The maximum atomic E-state index is 10.2. The fourth-order valence-corrected chi connectivity index (χ4v) is 0.687. The molecule has 0 amide bonds. The van der Waals surface area contributed by atoms with Gasteiger partial charge >= 0.3 is 11.8 Å². The van der Waals surface area contributed by atoms with Gasteiger partial charge < -0.3 is 20.3 Å². The molecule has 3 N–H and O–H groups in total. The van der Waals surface area contributed by atoms with Crippen LogP contribution in [-0.4, -0.2) is 31.3 Å². The molecule has 1 heterocycles. The van der Waals surface area contributed by atoms with Gasteiger partial charge in [0.2, 0.25) is 0 Å². The normalized spacial score (nSPS) is 12.4. The first-order chi connectivity index (χ1) is 6.02. The summed E-state index contributed by atoms with van der Waals surface area (Å²) in [7, 11) is 0. The van der Waals surface area contributed by atoms with E-state index in [1.54, 1.807) is 0 Å². The fourth-order valence-electron chi connectivity index (χ4n) is 0.687. The average Bonchev–Trinajstić information content (AvgIpc) is 2.50. The number of aliphatic hydroxyl groups excluding tert-OH is 1. The Balaban J connectivity index is 2.91. The van der Waals surface area contributed by atoms with E-state index < -0.39 is 22.8 Å². The Labute approximate surface area is 71.0 Å². The summed E-state index contributed by atoms with van der Waals surface area (Å²) in [5, 5.41) is 32.5. The SMILES string of the molecule is O=C(O)C(O)c1cc([N+](=O)[O-])[nH]n1. The minimum Gasteiger partial charge on any atom is -0.479 e. The molecule has 0 aliphatic heterocycles. The maximum absolute atomic E-state index is 10.2. The average molecular weight is 187 g/mol. The second-order valence-electron chi connectivity index (χ2n) is 2.18. The number of nitro groups is 1. The summed E-state index contributed by atoms with van der Waals surface area (Å²) in [5.74, 6) is -1.98. The summed E-state index contributed by atoms with van der Waals surface area (Å²) in [6.45, 7) is 0. The molecule has 8 heteroatoms. The van der Waals surface area contributed by atoms with E-state index in [9.17, 15) is 14.9 Å². The van der Waals surface area contributed by atoms with E-state index >= 15 is 0 Å². The van der Waals surface area contributed by atoms with Gasteiger partial charge in [-0.2, -0.15) is 0 Å². The molecule has 0 spiro atoms. The molecule has 0 radical (unpaired) electrons. The Hall–Kier alpha value is -1.96. The molecule has 1 rings (SSSR count). The number of nitrogens with zero attached hydrogens (tertiary/aromatic N) is 2. The van der Waals surface area contributed by atoms with Gasteiger partial charge in [-0.3, -0.25) is 0 Å². The lowest BCUT2D eigenvalue weighted by atomic mass is 10.2. The minimum atomic E-state index is -1.84. The van der Waals surface area contributed by atoms with E-state index in [0.29, 0.717) is 0 Å². The third kappa shape index (κ3) is 1.79. The summed E-state index contributed by atoms with van der Waals surface area (Å²) >= 11 is 0. The van der Waals surface area contributed by atoms with Crippen molar-refractivity contribution in [2.75, 3.05) is 0 Å². The van der Waals surface area contributed by atoms with Gasteiger partial charge in [-0.05, 0) is 4.92 Å². The van der Waals surface area contributed by atoms with E-state index in [4.69, 9.17) is 10.2 Å². The zero-order chi connectivity index (χ0) is 10.0. The van der Waals surface area contributed by atoms with E-state index in [2.05, 4.69) is 5.10 Å². The van der Waals surface area contributed by atoms with Gasteiger partial charge in [-0.15, -0.1) is 5.10 Å². The number of H-pyrrole nitrogens is 1. The van der Waals surface area contributed by atoms with Crippen molar-refractivity contribution in [1.82, 2.24) is 10.2 Å². The van der Waals surface area contributed by atoms with Crippen LogP contribution in [0.1, 0.15) is 11.8 Å². The lowest BCUT2D eigenvalue weighted by molar-refractivity contribution is -0.389. The molecule has 0 aliphatic carbocycles. The number of carbonyl (C=O) groups is 1. The number of hydrogen-bond donors (Lipinski definition) is 3. The molecule has 1 unspecified atom stereocenters. The van der Waals surface area contributed by atoms with Crippen LogP contribution in [0.25, 0.3) is 0 Å². The zero-order valence-corrected chi connectivity index (χ0v) is 6.17. The maximum Gasteiger partial charge on any atom is 0.342 e. The van der Waals surface area contributed by atoms with E-state index in [-0.39, 0.29) is 5.69 Å². The molecule has 0 saturated carbocycles. The summed E-state index contributed by atoms with van der Waals surface area (Å²) < 4.78 is 0. The summed E-state index contributed by atoms with van der Waals surface area (Å²) in [6.07, 6.45) is -1.84. The van der Waals surface area contributed by atoms with E-state index in [0.717, 1.165) is 6.07 Å². The second-order valence-corrected chi connectivity index (χ2v) is 2.18. The van der Waals surface area contributed by atoms with Crippen LogP contribution in [0, 0.1) is 10.1 Å². The van der Waals surface area contributed by atoms with Gasteiger partial charge in [-0.1, -0.05) is 5.10 Å². The monoisotopic (exact) mass is 187 g/mol. The highest BCUT2D eigenvalue weighted by Gasteiger charge is 2.22. The number of aliphatic carboxylic acids is 1. The number of carboxylic acids is 1. The van der Waals surface area contributed by atoms with Gasteiger partial charge in [-0.25, -0.2) is 4.79 Å². The zero-order valence-electron chi connectivity index (χ0n) is 6.17. The minimum absolute atomic E-state index is 0.292. The molecule has 1 atom stereocenters. The molecule has 8 nitrogen and oxygen atoms in total. The second kappa shape index (κ2) is 3.19. The molecule has 70 valence electrons. The fraction of sp³-hybridized carbons (Fsp3) is 0.200. The number of aromatic nitrogens is 2. The van der Waals surface area contributed by atoms with Crippen molar-refractivity contribution in [2.24, 2.45) is 0 Å². The van der Waals surface area contributed by atoms with Crippen molar-refractivity contribution < 1.29 is 19.9 Å². The van der Waals surface area contributed by atoms with Crippen LogP contribution >= 0.6 is 0 Å². The highest BCUT2D eigenvalue weighted by atomic mass is 16.6. The van der Waals surface area contributed by atoms with E-state index in [1.807, 2.05) is 5.10 Å². The predicted molar refractivity (Wildman–Crippen MR) is 37.8 cm³/mol. The number of rotatable bonds is 3.